The number of ether oxygens (including phenoxy) is 1. The van der Waals surface area contributed by atoms with Gasteiger partial charge in [0.2, 0.25) is 0 Å². The van der Waals surface area contributed by atoms with E-state index in [4.69, 9.17) is 9.84 Å². The molecular formula is C11H13NO3. The normalized spacial score (nSPS) is 15.0. The molecular weight excluding hydrogens is 194 g/mol. The second kappa shape index (κ2) is 3.88. The molecule has 0 saturated heterocycles. The minimum Gasteiger partial charge on any atom is -0.491 e. The highest BCUT2D eigenvalue weighted by Crippen LogP contribution is 2.30. The molecule has 0 radical (unpaired) electrons. The Balaban J connectivity index is 2.15. The Morgan fingerprint density at radius 2 is 2.40 bits per heavy atom. The Kier molecular flexibility index (Phi) is 2.58. The summed E-state index contributed by atoms with van der Waals surface area (Å²) in [7, 11) is 0. The zero-order valence-electron chi connectivity index (χ0n) is 8.56. The molecule has 1 heterocycles. The molecule has 1 aromatic heterocycles. The molecule has 0 atom stereocenters. The Bertz CT molecular complexity index is 385. The number of aromatic nitrogens is 1. The third-order valence-corrected chi connectivity index (χ3v) is 2.41. The maximum Gasteiger partial charge on any atom is 0.339 e. The van der Waals surface area contributed by atoms with Crippen molar-refractivity contribution in [2.45, 2.75) is 19.8 Å². The van der Waals surface area contributed by atoms with Crippen LogP contribution in [0.15, 0.2) is 12.3 Å². The van der Waals surface area contributed by atoms with Crippen LogP contribution in [0.2, 0.25) is 0 Å². The molecule has 0 spiro atoms. The lowest BCUT2D eigenvalue weighted by atomic mass is 10.2. The van der Waals surface area contributed by atoms with Gasteiger partial charge in [-0.05, 0) is 31.7 Å². The molecule has 80 valence electrons. The molecule has 0 aliphatic heterocycles. The van der Waals surface area contributed by atoms with Crippen molar-refractivity contribution in [2.24, 2.45) is 5.92 Å². The fourth-order valence-corrected chi connectivity index (χ4v) is 1.32. The second-order valence-electron chi connectivity index (χ2n) is 3.88. The molecule has 15 heavy (non-hydrogen) atoms. The zero-order chi connectivity index (χ0) is 10.8. The van der Waals surface area contributed by atoms with Gasteiger partial charge in [-0.1, -0.05) is 0 Å². The van der Waals surface area contributed by atoms with Gasteiger partial charge < -0.3 is 9.84 Å². The molecule has 0 bridgehead atoms. The van der Waals surface area contributed by atoms with E-state index in [9.17, 15) is 4.79 Å². The van der Waals surface area contributed by atoms with Crippen LogP contribution in [0.1, 0.15) is 28.9 Å². The van der Waals surface area contributed by atoms with Crippen LogP contribution in [0.25, 0.3) is 0 Å². The second-order valence-corrected chi connectivity index (χ2v) is 3.88. The Morgan fingerprint density at radius 1 is 1.67 bits per heavy atom. The van der Waals surface area contributed by atoms with Gasteiger partial charge in [-0.25, -0.2) is 4.79 Å². The monoisotopic (exact) mass is 207 g/mol. The smallest absolute Gasteiger partial charge is 0.339 e. The molecule has 0 unspecified atom stereocenters. The minimum absolute atomic E-state index is 0.197. The molecule has 1 aliphatic rings. The topological polar surface area (TPSA) is 59.4 Å². The van der Waals surface area contributed by atoms with E-state index in [1.54, 1.807) is 6.92 Å². The highest BCUT2D eigenvalue weighted by atomic mass is 16.5. The van der Waals surface area contributed by atoms with Gasteiger partial charge in [-0.15, -0.1) is 0 Å². The summed E-state index contributed by atoms with van der Waals surface area (Å²) >= 11 is 0. The van der Waals surface area contributed by atoms with E-state index >= 15 is 0 Å². The van der Waals surface area contributed by atoms with Gasteiger partial charge in [-0.2, -0.15) is 0 Å². The van der Waals surface area contributed by atoms with Gasteiger partial charge in [0.1, 0.15) is 5.56 Å². The van der Waals surface area contributed by atoms with Crippen molar-refractivity contribution in [3.8, 4) is 5.75 Å². The number of aromatic carboxylic acids is 1. The first kappa shape index (κ1) is 9.96. The number of carboxylic acid groups (broad SMARTS) is 1. The summed E-state index contributed by atoms with van der Waals surface area (Å²) in [6.07, 6.45) is 3.85. The van der Waals surface area contributed by atoms with E-state index in [0.29, 0.717) is 24.0 Å². The maximum atomic E-state index is 10.9. The summed E-state index contributed by atoms with van der Waals surface area (Å²) in [5.41, 5.74) is 0.884. The number of aryl methyl sites for hydroxylation is 1. The predicted octanol–water partition coefficient (Wildman–Crippen LogP) is 1.88. The van der Waals surface area contributed by atoms with Crippen LogP contribution in [-0.4, -0.2) is 22.7 Å². The molecule has 0 amide bonds. The van der Waals surface area contributed by atoms with E-state index in [1.807, 2.05) is 0 Å². The number of pyridine rings is 1. The fraction of sp³-hybridized carbons (Fsp3) is 0.455. The van der Waals surface area contributed by atoms with Crippen LogP contribution in [-0.2, 0) is 0 Å². The highest BCUT2D eigenvalue weighted by molar-refractivity contribution is 5.90. The standard InChI is InChI=1S/C11H13NO3/c1-7-4-9(11(13)14)10(5-12-7)15-6-8-2-3-8/h4-5,8H,2-3,6H2,1H3,(H,13,14). The van der Waals surface area contributed by atoms with Crippen molar-refractivity contribution in [1.29, 1.82) is 0 Å². The summed E-state index contributed by atoms with van der Waals surface area (Å²) in [5.74, 6) is 0.0132. The SMILES string of the molecule is Cc1cc(C(=O)O)c(OCC2CC2)cn1. The van der Waals surface area contributed by atoms with Gasteiger partial charge in [0.25, 0.3) is 0 Å². The van der Waals surface area contributed by atoms with Crippen LogP contribution in [0.4, 0.5) is 0 Å². The molecule has 4 nitrogen and oxygen atoms in total. The zero-order valence-corrected chi connectivity index (χ0v) is 8.56. The van der Waals surface area contributed by atoms with E-state index in [0.717, 1.165) is 0 Å². The van der Waals surface area contributed by atoms with Crippen LogP contribution in [0.5, 0.6) is 5.75 Å². The average molecular weight is 207 g/mol. The highest BCUT2D eigenvalue weighted by Gasteiger charge is 2.23. The van der Waals surface area contributed by atoms with E-state index in [-0.39, 0.29) is 5.56 Å². The van der Waals surface area contributed by atoms with Crippen molar-refractivity contribution in [3.63, 3.8) is 0 Å². The number of carbonyl (C=O) groups is 1. The molecule has 2 rings (SSSR count). The Morgan fingerprint density at radius 3 is 3.00 bits per heavy atom. The first-order valence-corrected chi connectivity index (χ1v) is 4.99. The lowest BCUT2D eigenvalue weighted by Gasteiger charge is -2.08. The first-order valence-electron chi connectivity index (χ1n) is 4.99. The third kappa shape index (κ3) is 2.46. The fourth-order valence-electron chi connectivity index (χ4n) is 1.32. The van der Waals surface area contributed by atoms with Crippen LogP contribution in [0.3, 0.4) is 0 Å². The van der Waals surface area contributed by atoms with Crippen LogP contribution in [0, 0.1) is 12.8 Å². The molecule has 1 fully saturated rings. The van der Waals surface area contributed by atoms with E-state index in [1.165, 1.54) is 25.1 Å². The number of nitrogens with zero attached hydrogens (tertiary/aromatic N) is 1. The molecule has 0 aromatic carbocycles. The van der Waals surface area contributed by atoms with Crippen molar-refractivity contribution < 1.29 is 14.6 Å². The molecule has 1 saturated carbocycles. The van der Waals surface area contributed by atoms with Gasteiger partial charge in [0.15, 0.2) is 5.75 Å². The maximum absolute atomic E-state index is 10.9. The van der Waals surface area contributed by atoms with Crippen molar-refractivity contribution in [3.05, 3.63) is 23.5 Å². The van der Waals surface area contributed by atoms with Crippen LogP contribution >= 0.6 is 0 Å². The number of carboxylic acids is 1. The summed E-state index contributed by atoms with van der Waals surface area (Å²) in [6.45, 7) is 2.36. The van der Waals surface area contributed by atoms with Gasteiger partial charge in [-0.3, -0.25) is 4.98 Å². The minimum atomic E-state index is -0.966. The summed E-state index contributed by atoms with van der Waals surface area (Å²) in [5, 5.41) is 8.96. The summed E-state index contributed by atoms with van der Waals surface area (Å²) < 4.78 is 5.43. The van der Waals surface area contributed by atoms with Gasteiger partial charge in [0.05, 0.1) is 12.8 Å². The largest absolute Gasteiger partial charge is 0.491 e. The van der Waals surface area contributed by atoms with Crippen molar-refractivity contribution in [2.75, 3.05) is 6.61 Å². The first-order chi connectivity index (χ1) is 7.16. The number of rotatable bonds is 4. The lowest BCUT2D eigenvalue weighted by molar-refractivity contribution is 0.0691. The van der Waals surface area contributed by atoms with Gasteiger partial charge in [0, 0.05) is 5.69 Å². The van der Waals surface area contributed by atoms with E-state index < -0.39 is 5.97 Å². The quantitative estimate of drug-likeness (QED) is 0.818. The summed E-state index contributed by atoms with van der Waals surface area (Å²) in [6, 6.07) is 1.53. The molecule has 1 aliphatic carbocycles. The molecule has 1 aromatic rings. The number of hydrogen-bond donors (Lipinski definition) is 1. The molecule has 1 N–H and O–H groups in total. The summed E-state index contributed by atoms with van der Waals surface area (Å²) in [4.78, 5) is 15.0. The third-order valence-electron chi connectivity index (χ3n) is 2.41. The average Bonchev–Trinajstić information content (AvgIpc) is 2.99. The lowest BCUT2D eigenvalue weighted by Crippen LogP contribution is -2.06. The predicted molar refractivity (Wildman–Crippen MR) is 54.2 cm³/mol. The number of hydrogen-bond acceptors (Lipinski definition) is 3. The van der Waals surface area contributed by atoms with E-state index in [2.05, 4.69) is 4.98 Å². The van der Waals surface area contributed by atoms with Gasteiger partial charge >= 0.3 is 5.97 Å². The van der Waals surface area contributed by atoms with Crippen LogP contribution < -0.4 is 4.74 Å². The Labute approximate surface area is 87.9 Å². The van der Waals surface area contributed by atoms with Crippen molar-refractivity contribution in [1.82, 2.24) is 4.98 Å². The Hall–Kier alpha value is -1.58. The molecule has 4 heteroatoms. The van der Waals surface area contributed by atoms with Crippen molar-refractivity contribution >= 4 is 5.97 Å².